The average molecular weight is 870 g/mol. The second-order valence-corrected chi connectivity index (χ2v) is 16.9. The van der Waals surface area contributed by atoms with E-state index >= 15 is 0 Å². The van der Waals surface area contributed by atoms with Crippen LogP contribution >= 0.6 is 7.82 Å². The molecule has 0 saturated heterocycles. The molecule has 0 aliphatic carbocycles. The summed E-state index contributed by atoms with van der Waals surface area (Å²) in [6.45, 7) is 3.72. The fraction of sp³-hybridized carbons (Fsp3) is 0.560. The summed E-state index contributed by atoms with van der Waals surface area (Å²) >= 11 is 0. The van der Waals surface area contributed by atoms with Crippen molar-refractivity contribution in [1.29, 1.82) is 0 Å². The van der Waals surface area contributed by atoms with E-state index in [1.54, 1.807) is 18.2 Å². The highest BCUT2D eigenvalue weighted by molar-refractivity contribution is 7.45. The zero-order chi connectivity index (χ0) is 45.1. The van der Waals surface area contributed by atoms with Gasteiger partial charge in [0.1, 0.15) is 19.8 Å². The molecule has 0 rings (SSSR count). The number of aliphatic hydroxyl groups excluding tert-OH is 1. The lowest BCUT2D eigenvalue weighted by Crippen LogP contribution is -2.37. The minimum atomic E-state index is -4.69. The van der Waals surface area contributed by atoms with Crippen LogP contribution in [0.2, 0.25) is 0 Å². The average Bonchev–Trinajstić information content (AvgIpc) is 3.21. The molecule has 0 aromatic heterocycles. The predicted molar refractivity (Wildman–Crippen MR) is 250 cm³/mol. The molecule has 0 aromatic rings. The lowest BCUT2D eigenvalue weighted by Gasteiger charge is -2.28. The van der Waals surface area contributed by atoms with Gasteiger partial charge in [0, 0.05) is 12.8 Å². The second kappa shape index (κ2) is 40.4. The van der Waals surface area contributed by atoms with Gasteiger partial charge in [-0.25, -0.2) is 0 Å². The number of likely N-dealkylation sites (N-methyl/N-ethyl adjacent to an activating group) is 1. The van der Waals surface area contributed by atoms with Gasteiger partial charge in [-0.2, -0.15) is 0 Å². The number of nitrogens with zero attached hydrogens (tertiary/aromatic N) is 1. The minimum Gasteiger partial charge on any atom is -0.756 e. The first-order valence-electron chi connectivity index (χ1n) is 22.4. The molecule has 344 valence electrons. The summed E-state index contributed by atoms with van der Waals surface area (Å²) in [5.74, 6) is -1.06. The number of unbranched alkanes of at least 4 members (excludes halogenated alkanes) is 4. The van der Waals surface area contributed by atoms with E-state index in [1.807, 2.05) is 39.4 Å². The number of allylic oxidation sites excluding steroid dienone is 18. The minimum absolute atomic E-state index is 0.00474. The van der Waals surface area contributed by atoms with E-state index in [1.165, 1.54) is 0 Å². The molecule has 0 aliphatic heterocycles. The van der Waals surface area contributed by atoms with Crippen molar-refractivity contribution in [2.75, 3.05) is 47.5 Å². The maximum atomic E-state index is 12.7. The number of rotatable bonds is 38. The van der Waals surface area contributed by atoms with Gasteiger partial charge in [-0.15, -0.1) is 0 Å². The number of phosphoric acid groups is 1. The Morgan fingerprint density at radius 3 is 1.70 bits per heavy atom. The predicted octanol–water partition coefficient (Wildman–Crippen LogP) is 11.2. The van der Waals surface area contributed by atoms with Crippen molar-refractivity contribution < 1.29 is 47.2 Å². The molecule has 11 heteroatoms. The lowest BCUT2D eigenvalue weighted by molar-refractivity contribution is -0.870. The number of aliphatic hydroxyl groups is 1. The Bertz CT molecular complexity index is 1460. The van der Waals surface area contributed by atoms with Gasteiger partial charge < -0.3 is 33.0 Å². The number of hydrogen-bond donors (Lipinski definition) is 1. The van der Waals surface area contributed by atoms with Crippen LogP contribution in [0.5, 0.6) is 0 Å². The third kappa shape index (κ3) is 44.2. The standard InChI is InChI=1S/C50H80NO9P/c1-6-8-10-12-14-16-18-20-21-22-23-25-27-29-31-33-37-41-49(53)57-45-48(46-59-61(55,56)58-44-43-51(3,4)5)60-50(54)42-38-34-36-40-47(52)39-35-32-30-28-26-24-19-17-15-13-11-9-7-2/h8-11,14-17,20-21,23-26,30,32,34-36,39,47-48,52H,6-7,12-13,18-19,22,27-29,31,33,37-38,40-46H2,1-5H3/b10-8-,11-9-,16-14-,17-15-,21-20-,25-23-,26-24-,32-30-,36-34-,39-35-/t47?,48-/m1/s1. The molecule has 0 bridgehead atoms. The van der Waals surface area contributed by atoms with E-state index in [2.05, 4.69) is 98.9 Å². The van der Waals surface area contributed by atoms with Crippen molar-refractivity contribution >= 4 is 19.8 Å². The Morgan fingerprint density at radius 2 is 1.13 bits per heavy atom. The monoisotopic (exact) mass is 870 g/mol. The summed E-state index contributed by atoms with van der Waals surface area (Å²) in [6.07, 6.45) is 52.6. The molecular formula is C50H80NO9P. The molecule has 61 heavy (non-hydrogen) atoms. The maximum absolute atomic E-state index is 12.7. The molecule has 3 atom stereocenters. The van der Waals surface area contributed by atoms with Gasteiger partial charge in [0.15, 0.2) is 6.10 Å². The van der Waals surface area contributed by atoms with Crippen molar-refractivity contribution in [3.63, 3.8) is 0 Å². The third-order valence-electron chi connectivity index (χ3n) is 8.57. The number of phosphoric ester groups is 1. The number of quaternary nitrogens is 1. The first-order chi connectivity index (χ1) is 29.4. The van der Waals surface area contributed by atoms with E-state index in [-0.39, 0.29) is 26.1 Å². The van der Waals surface area contributed by atoms with Crippen molar-refractivity contribution in [2.45, 2.75) is 135 Å². The largest absolute Gasteiger partial charge is 0.756 e. The molecule has 0 aliphatic rings. The van der Waals surface area contributed by atoms with Gasteiger partial charge in [0.05, 0.1) is 33.9 Å². The molecule has 1 N–H and O–H groups in total. The van der Waals surface area contributed by atoms with Crippen LogP contribution in [0.3, 0.4) is 0 Å². The molecule has 0 heterocycles. The van der Waals surface area contributed by atoms with Crippen molar-refractivity contribution in [3.8, 4) is 0 Å². The zero-order valence-corrected chi connectivity index (χ0v) is 39.1. The SMILES string of the molecule is CC/C=C\C/C=C\C/C=C\C/C=C\C=C/C(O)C/C=C\CCC(=O)O[C@H](COC(=O)CCCCCC/C=C\C/C=C\C/C=C\C/C=C\CC)COP(=O)([O-])OCC[N+](C)(C)C. The van der Waals surface area contributed by atoms with Crippen molar-refractivity contribution in [1.82, 2.24) is 0 Å². The second-order valence-electron chi connectivity index (χ2n) is 15.5. The van der Waals surface area contributed by atoms with Crippen molar-refractivity contribution in [2.24, 2.45) is 0 Å². The van der Waals surface area contributed by atoms with E-state index < -0.39 is 38.6 Å². The van der Waals surface area contributed by atoms with Gasteiger partial charge in [-0.3, -0.25) is 14.2 Å². The topological polar surface area (TPSA) is 131 Å². The quantitative estimate of drug-likeness (QED) is 0.0161. The summed E-state index contributed by atoms with van der Waals surface area (Å²) in [5.41, 5.74) is 0. The highest BCUT2D eigenvalue weighted by Crippen LogP contribution is 2.38. The summed E-state index contributed by atoms with van der Waals surface area (Å²) in [7, 11) is 1.02. The fourth-order valence-corrected chi connectivity index (χ4v) is 5.83. The van der Waals surface area contributed by atoms with Crippen LogP contribution in [0, 0.1) is 0 Å². The van der Waals surface area contributed by atoms with Crippen LogP contribution in [-0.2, 0) is 32.7 Å². The Morgan fingerprint density at radius 1 is 0.607 bits per heavy atom. The lowest BCUT2D eigenvalue weighted by atomic mass is 10.1. The van der Waals surface area contributed by atoms with E-state index in [4.69, 9.17) is 18.5 Å². The molecule has 10 nitrogen and oxygen atoms in total. The van der Waals surface area contributed by atoms with Gasteiger partial charge in [0.25, 0.3) is 7.82 Å². The number of ether oxygens (including phenoxy) is 2. The highest BCUT2D eigenvalue weighted by Gasteiger charge is 2.21. The van der Waals surface area contributed by atoms with Crippen LogP contribution in [-0.4, -0.2) is 81.2 Å². The molecule has 2 unspecified atom stereocenters. The molecule has 0 fully saturated rings. The molecular weight excluding hydrogens is 790 g/mol. The molecule has 0 amide bonds. The summed E-state index contributed by atoms with van der Waals surface area (Å²) in [6, 6.07) is 0. The Hall–Kier alpha value is -3.63. The smallest absolute Gasteiger partial charge is 0.306 e. The fourth-order valence-electron chi connectivity index (χ4n) is 5.11. The van der Waals surface area contributed by atoms with Crippen LogP contribution in [0.1, 0.15) is 123 Å². The van der Waals surface area contributed by atoms with Gasteiger partial charge >= 0.3 is 11.9 Å². The van der Waals surface area contributed by atoms with Crippen LogP contribution in [0.15, 0.2) is 122 Å². The van der Waals surface area contributed by atoms with E-state index in [0.29, 0.717) is 30.3 Å². The summed E-state index contributed by atoms with van der Waals surface area (Å²) in [5, 5.41) is 10.2. The molecule has 0 radical (unpaired) electrons. The Kier molecular flexibility index (Phi) is 38.0. The van der Waals surface area contributed by atoms with Crippen LogP contribution in [0.25, 0.3) is 0 Å². The number of esters is 2. The number of carbonyl (C=O) groups is 2. The van der Waals surface area contributed by atoms with E-state index in [9.17, 15) is 24.2 Å². The zero-order valence-electron chi connectivity index (χ0n) is 38.2. The maximum Gasteiger partial charge on any atom is 0.306 e. The number of carbonyl (C=O) groups excluding carboxylic acids is 2. The van der Waals surface area contributed by atoms with Crippen LogP contribution < -0.4 is 4.89 Å². The first-order valence-corrected chi connectivity index (χ1v) is 23.8. The normalized spacial score (nSPS) is 15.2. The van der Waals surface area contributed by atoms with Crippen molar-refractivity contribution in [3.05, 3.63) is 122 Å². The highest BCUT2D eigenvalue weighted by atomic mass is 31.2. The van der Waals surface area contributed by atoms with Gasteiger partial charge in [-0.05, 0) is 83.5 Å². The van der Waals surface area contributed by atoms with E-state index in [0.717, 1.165) is 77.0 Å². The summed E-state index contributed by atoms with van der Waals surface area (Å²) in [4.78, 5) is 37.6. The Labute approximate surface area is 370 Å². The van der Waals surface area contributed by atoms with Gasteiger partial charge in [0.2, 0.25) is 0 Å². The first kappa shape index (κ1) is 57.4. The third-order valence-corrected chi connectivity index (χ3v) is 9.54. The summed E-state index contributed by atoms with van der Waals surface area (Å²) < 4.78 is 33.7. The molecule has 0 aromatic carbocycles. The number of hydrogen-bond acceptors (Lipinski definition) is 9. The Balaban J connectivity index is 4.64. The van der Waals surface area contributed by atoms with Gasteiger partial charge in [-0.1, -0.05) is 148 Å². The van der Waals surface area contributed by atoms with Crippen LogP contribution in [0.4, 0.5) is 0 Å². The molecule has 0 saturated carbocycles. The molecule has 0 spiro atoms.